The molecule has 26 heavy (non-hydrogen) atoms. The summed E-state index contributed by atoms with van der Waals surface area (Å²) < 4.78 is 22.5. The van der Waals surface area contributed by atoms with Crippen molar-refractivity contribution < 1.29 is 33.6 Å². The Morgan fingerprint density at radius 3 is 2.96 bits per heavy atom. The zero-order valence-corrected chi connectivity index (χ0v) is 14.6. The average molecular weight is 362 g/mol. The molecule has 7 heteroatoms. The van der Waals surface area contributed by atoms with Gasteiger partial charge in [0.15, 0.2) is 6.29 Å². The van der Waals surface area contributed by atoms with Gasteiger partial charge in [-0.05, 0) is 31.4 Å². The Balaban J connectivity index is 1.76. The van der Waals surface area contributed by atoms with Gasteiger partial charge in [-0.2, -0.15) is 0 Å². The van der Waals surface area contributed by atoms with Gasteiger partial charge < -0.3 is 24.1 Å². The fraction of sp³-hybridized carbons (Fsp3) is 0.579. The number of carbonyl (C=O) groups excluding carboxylic acids is 2. The molecule has 1 aliphatic carbocycles. The molecule has 1 N–H and O–H groups in total. The molecule has 140 valence electrons. The normalized spacial score (nSPS) is 43.3. The number of rotatable bonds is 2. The van der Waals surface area contributed by atoms with Crippen LogP contribution in [0.3, 0.4) is 0 Å². The van der Waals surface area contributed by atoms with Crippen LogP contribution in [0.4, 0.5) is 0 Å². The maximum absolute atomic E-state index is 12.2. The Morgan fingerprint density at radius 2 is 2.23 bits per heavy atom. The fourth-order valence-electron chi connectivity index (χ4n) is 4.09. The van der Waals surface area contributed by atoms with Gasteiger partial charge in [0.2, 0.25) is 0 Å². The van der Waals surface area contributed by atoms with Crippen LogP contribution in [0.15, 0.2) is 36.0 Å². The quantitative estimate of drug-likeness (QED) is 0.341. The molecule has 5 aliphatic rings. The van der Waals surface area contributed by atoms with Gasteiger partial charge in [0.1, 0.15) is 17.8 Å². The predicted molar refractivity (Wildman–Crippen MR) is 88.7 cm³/mol. The minimum absolute atomic E-state index is 0.185. The van der Waals surface area contributed by atoms with Gasteiger partial charge in [-0.3, -0.25) is 0 Å². The van der Waals surface area contributed by atoms with Crippen LogP contribution in [0.2, 0.25) is 0 Å². The van der Waals surface area contributed by atoms with Crippen LogP contribution in [-0.2, 0) is 28.5 Å². The lowest BCUT2D eigenvalue weighted by molar-refractivity contribution is -0.163. The summed E-state index contributed by atoms with van der Waals surface area (Å²) in [6.07, 6.45) is 0.815. The molecule has 0 aromatic heterocycles. The van der Waals surface area contributed by atoms with Gasteiger partial charge >= 0.3 is 11.9 Å². The van der Waals surface area contributed by atoms with E-state index < -0.39 is 42.0 Å². The molecule has 0 radical (unpaired) electrons. The molecule has 0 aromatic rings. The second kappa shape index (κ2) is 6.04. The number of ether oxygens (including phenoxy) is 4. The van der Waals surface area contributed by atoms with E-state index in [2.05, 4.69) is 13.2 Å². The Kier molecular flexibility index (Phi) is 4.06. The molecular weight excluding hydrogens is 340 g/mol. The zero-order chi connectivity index (χ0) is 18.6. The van der Waals surface area contributed by atoms with Crippen molar-refractivity contribution in [3.63, 3.8) is 0 Å². The number of aliphatic hydroxyl groups excluding tert-OH is 1. The summed E-state index contributed by atoms with van der Waals surface area (Å²) in [5.41, 5.74) is 0.475. The molecule has 5 rings (SSSR count). The standard InChI is InChI=1S/C19H22O7/c1-9(2)16(20)25-13-7-19-14(26-19)5-4-11(8-23-18(19)22)6-12-15(13)10(3)17(21)24-12/h6,12-15,18,22H,1,3-5,7-8H2,2H3/b11-6+/t12-,13-,14+,15+,18+,19+/m1/s1. The van der Waals surface area contributed by atoms with Gasteiger partial charge in [0.25, 0.3) is 0 Å². The van der Waals surface area contributed by atoms with Gasteiger partial charge in [0, 0.05) is 17.6 Å². The summed E-state index contributed by atoms with van der Waals surface area (Å²) in [4.78, 5) is 24.3. The van der Waals surface area contributed by atoms with Gasteiger partial charge in [-0.1, -0.05) is 13.2 Å². The summed E-state index contributed by atoms with van der Waals surface area (Å²) in [5, 5.41) is 10.5. The van der Waals surface area contributed by atoms with E-state index in [4.69, 9.17) is 18.9 Å². The Labute approximate surface area is 151 Å². The lowest BCUT2D eigenvalue weighted by Crippen LogP contribution is -2.45. The molecule has 4 heterocycles. The number of hydrogen-bond donors (Lipinski definition) is 1. The van der Waals surface area contributed by atoms with E-state index in [0.29, 0.717) is 0 Å². The zero-order valence-electron chi connectivity index (χ0n) is 14.6. The van der Waals surface area contributed by atoms with Crippen LogP contribution in [0, 0.1) is 5.92 Å². The second-order valence-corrected chi connectivity index (χ2v) is 7.44. The number of carbonyl (C=O) groups is 2. The molecule has 4 aliphatic heterocycles. The van der Waals surface area contributed by atoms with E-state index in [1.807, 2.05) is 6.08 Å². The van der Waals surface area contributed by atoms with E-state index >= 15 is 0 Å². The third-order valence-electron chi connectivity index (χ3n) is 5.61. The third kappa shape index (κ3) is 2.71. The number of fused-ring (bicyclic) bond motifs is 4. The van der Waals surface area contributed by atoms with E-state index in [1.165, 1.54) is 0 Å². The molecule has 7 nitrogen and oxygen atoms in total. The van der Waals surface area contributed by atoms with E-state index in [1.54, 1.807) is 6.92 Å². The maximum Gasteiger partial charge on any atom is 0.334 e. The monoisotopic (exact) mass is 362 g/mol. The first-order valence-electron chi connectivity index (χ1n) is 8.75. The first-order valence-corrected chi connectivity index (χ1v) is 8.75. The van der Waals surface area contributed by atoms with Crippen LogP contribution >= 0.6 is 0 Å². The van der Waals surface area contributed by atoms with E-state index in [-0.39, 0.29) is 30.3 Å². The molecule has 3 fully saturated rings. The largest absolute Gasteiger partial charge is 0.458 e. The highest BCUT2D eigenvalue weighted by Gasteiger charge is 2.65. The fourth-order valence-corrected chi connectivity index (χ4v) is 4.09. The highest BCUT2D eigenvalue weighted by Crippen LogP contribution is 2.51. The highest BCUT2D eigenvalue weighted by atomic mass is 16.7. The lowest BCUT2D eigenvalue weighted by atomic mass is 9.81. The molecule has 0 saturated carbocycles. The first kappa shape index (κ1) is 17.5. The van der Waals surface area contributed by atoms with Crippen molar-refractivity contribution in [2.75, 3.05) is 6.61 Å². The lowest BCUT2D eigenvalue weighted by Gasteiger charge is -2.33. The van der Waals surface area contributed by atoms with E-state index in [9.17, 15) is 14.7 Å². The van der Waals surface area contributed by atoms with E-state index in [0.717, 1.165) is 18.4 Å². The average Bonchev–Trinajstić information content (AvgIpc) is 3.20. The number of epoxide rings is 1. The summed E-state index contributed by atoms with van der Waals surface area (Å²) in [5.74, 6) is -1.61. The van der Waals surface area contributed by atoms with Crippen molar-refractivity contribution in [1.29, 1.82) is 0 Å². The summed E-state index contributed by atoms with van der Waals surface area (Å²) >= 11 is 0. The van der Waals surface area contributed by atoms with Crippen LogP contribution in [0.25, 0.3) is 0 Å². The Morgan fingerprint density at radius 1 is 1.46 bits per heavy atom. The van der Waals surface area contributed by atoms with Gasteiger partial charge in [-0.25, -0.2) is 9.59 Å². The molecule has 2 bridgehead atoms. The predicted octanol–water partition coefficient (Wildman–Crippen LogP) is 1.17. The molecule has 1 spiro atoms. The summed E-state index contributed by atoms with van der Waals surface area (Å²) in [6.45, 7) is 9.24. The van der Waals surface area contributed by atoms with Crippen LogP contribution < -0.4 is 0 Å². The second-order valence-electron chi connectivity index (χ2n) is 7.44. The van der Waals surface area contributed by atoms with Gasteiger partial charge in [0.05, 0.1) is 18.6 Å². The molecule has 0 unspecified atom stereocenters. The topological polar surface area (TPSA) is 94.6 Å². The minimum atomic E-state index is -1.13. The Bertz CT molecular complexity index is 723. The van der Waals surface area contributed by atoms with Crippen molar-refractivity contribution in [3.05, 3.63) is 36.0 Å². The first-order chi connectivity index (χ1) is 12.3. The van der Waals surface area contributed by atoms with Crippen molar-refractivity contribution in [3.8, 4) is 0 Å². The maximum atomic E-state index is 12.2. The minimum Gasteiger partial charge on any atom is -0.458 e. The molecule has 0 aromatic carbocycles. The van der Waals surface area contributed by atoms with Gasteiger partial charge in [-0.15, -0.1) is 0 Å². The van der Waals surface area contributed by atoms with Crippen LogP contribution in [0.5, 0.6) is 0 Å². The van der Waals surface area contributed by atoms with Crippen LogP contribution in [-0.4, -0.2) is 53.9 Å². The third-order valence-corrected chi connectivity index (χ3v) is 5.61. The SMILES string of the molecule is C=C(C)C(=O)O[C@@H]1C[C@]23O[C@H]2CC/C(=C\[C@H]2OC(=O)C(=C)[C@@H]21)CO[C@@H]3O. The number of esters is 2. The van der Waals surface area contributed by atoms with Crippen molar-refractivity contribution in [1.82, 2.24) is 0 Å². The highest BCUT2D eigenvalue weighted by molar-refractivity contribution is 5.91. The molecule has 0 amide bonds. The van der Waals surface area contributed by atoms with Crippen LogP contribution in [0.1, 0.15) is 26.2 Å². The molecule has 6 atom stereocenters. The smallest absolute Gasteiger partial charge is 0.334 e. The van der Waals surface area contributed by atoms with Crippen molar-refractivity contribution >= 4 is 11.9 Å². The van der Waals surface area contributed by atoms with Crippen molar-refractivity contribution in [2.24, 2.45) is 5.92 Å². The molecular formula is C19H22O7. The summed E-state index contributed by atoms with van der Waals surface area (Å²) in [6, 6.07) is 0. The molecule has 3 saturated heterocycles. The van der Waals surface area contributed by atoms with Crippen molar-refractivity contribution in [2.45, 2.75) is 56.4 Å². The number of hydrogen-bond acceptors (Lipinski definition) is 7. The Hall–Kier alpha value is -1.96. The number of aliphatic hydroxyl groups is 1. The summed E-state index contributed by atoms with van der Waals surface area (Å²) in [7, 11) is 0.